The summed E-state index contributed by atoms with van der Waals surface area (Å²) in [4.78, 5) is 102. The molecule has 0 bridgehead atoms. The van der Waals surface area contributed by atoms with Crippen LogP contribution in [0.1, 0.15) is 26.2 Å². The lowest BCUT2D eigenvalue weighted by atomic mass is 10.1. The highest BCUT2D eigenvalue weighted by Gasteiger charge is 2.31. The van der Waals surface area contributed by atoms with E-state index in [0.29, 0.717) is 0 Å². The molecule has 0 fully saturated rings. The highest BCUT2D eigenvalue weighted by molar-refractivity contribution is 5.98. The third-order valence-electron chi connectivity index (χ3n) is 5.96. The number of hydrogen-bond donors (Lipinski definition) is 14. The van der Waals surface area contributed by atoms with Crippen molar-refractivity contribution < 1.29 is 58.8 Å². The number of amides is 7. The molecular weight excluding hydrogens is 634 g/mol. The van der Waals surface area contributed by atoms with E-state index in [2.05, 4.69) is 31.6 Å². The standard InChI is InChI=1S/C24H43N11O12/c1-10(31-19(42)11(25)7-36)18(41)35-14(8-37)22(45)34-13(5-16(26)39)21(44)33-12(3-2-4-29-24(27)28)20(43)30-6-17(40)32-15(9-38)23(46)47/h10-15,36-38H,2-9,25H2,1H3,(H2,26,39)(H,30,43)(H,31,42)(H,32,40)(H,33,44)(H,34,45)(H,35,41)(H,46,47)(H4,27,28,29)/t10-,11-,12-,13-,14-,15-/m0/s1. The average molecular weight is 678 g/mol. The van der Waals surface area contributed by atoms with Crippen LogP contribution in [0.3, 0.4) is 0 Å². The predicted molar refractivity (Wildman–Crippen MR) is 159 cm³/mol. The van der Waals surface area contributed by atoms with Crippen LogP contribution in [-0.4, -0.2) is 143 Å². The third kappa shape index (κ3) is 16.7. The normalized spacial score (nSPS) is 14.4. The number of aliphatic hydroxyl groups excluding tert-OH is 3. The van der Waals surface area contributed by atoms with Gasteiger partial charge in [0, 0.05) is 6.54 Å². The van der Waals surface area contributed by atoms with Gasteiger partial charge in [0.25, 0.3) is 0 Å². The molecule has 0 spiro atoms. The van der Waals surface area contributed by atoms with Crippen LogP contribution >= 0.6 is 0 Å². The largest absolute Gasteiger partial charge is 0.480 e. The first kappa shape index (κ1) is 41.9. The Morgan fingerprint density at radius 2 is 1.23 bits per heavy atom. The van der Waals surface area contributed by atoms with Crippen LogP contribution in [0.25, 0.3) is 0 Å². The molecule has 23 nitrogen and oxygen atoms in total. The highest BCUT2D eigenvalue weighted by Crippen LogP contribution is 2.03. The Hall–Kier alpha value is -5.13. The lowest BCUT2D eigenvalue weighted by Crippen LogP contribution is -2.60. The second kappa shape index (κ2) is 21.6. The van der Waals surface area contributed by atoms with Crippen molar-refractivity contribution >= 4 is 53.3 Å². The molecule has 23 heteroatoms. The predicted octanol–water partition coefficient (Wildman–Crippen LogP) is -9.14. The Bertz CT molecular complexity index is 1160. The van der Waals surface area contributed by atoms with Gasteiger partial charge in [0.05, 0.1) is 32.8 Å². The topological polar surface area (TPSA) is 406 Å². The van der Waals surface area contributed by atoms with Gasteiger partial charge in [0.2, 0.25) is 41.4 Å². The van der Waals surface area contributed by atoms with Crippen molar-refractivity contribution in [3.63, 3.8) is 0 Å². The molecular formula is C24H43N11O12. The summed E-state index contributed by atoms with van der Waals surface area (Å²) in [6, 6.07) is -9.16. The van der Waals surface area contributed by atoms with Crippen molar-refractivity contribution in [1.29, 1.82) is 0 Å². The van der Waals surface area contributed by atoms with Gasteiger partial charge in [-0.1, -0.05) is 0 Å². The second-order valence-electron chi connectivity index (χ2n) is 9.86. The zero-order valence-electron chi connectivity index (χ0n) is 25.4. The Balaban J connectivity index is 5.72. The van der Waals surface area contributed by atoms with Gasteiger partial charge >= 0.3 is 5.97 Å². The minimum Gasteiger partial charge on any atom is -0.480 e. The summed E-state index contributed by atoms with van der Waals surface area (Å²) in [6.45, 7) is -2.20. The molecule has 0 saturated carbocycles. The van der Waals surface area contributed by atoms with E-state index in [-0.39, 0.29) is 25.3 Å². The lowest BCUT2D eigenvalue weighted by molar-refractivity contribution is -0.142. The van der Waals surface area contributed by atoms with E-state index in [0.717, 1.165) is 0 Å². The van der Waals surface area contributed by atoms with Crippen molar-refractivity contribution in [3.05, 3.63) is 0 Å². The number of carbonyl (C=O) groups excluding carboxylic acids is 7. The molecule has 266 valence electrons. The minimum atomic E-state index is -1.75. The number of hydrogen-bond acceptors (Lipinski definition) is 13. The van der Waals surface area contributed by atoms with Gasteiger partial charge in [0.1, 0.15) is 36.3 Å². The highest BCUT2D eigenvalue weighted by atomic mass is 16.4. The van der Waals surface area contributed by atoms with Crippen molar-refractivity contribution in [3.8, 4) is 0 Å². The van der Waals surface area contributed by atoms with E-state index in [1.807, 2.05) is 5.32 Å². The monoisotopic (exact) mass is 677 g/mol. The van der Waals surface area contributed by atoms with Gasteiger partial charge in [0.15, 0.2) is 5.96 Å². The van der Waals surface area contributed by atoms with E-state index in [4.69, 9.17) is 38.3 Å². The molecule has 7 amide bonds. The Labute approximate surface area is 267 Å². The van der Waals surface area contributed by atoms with Crippen LogP contribution < -0.4 is 54.8 Å². The van der Waals surface area contributed by atoms with E-state index in [1.165, 1.54) is 6.92 Å². The fraction of sp³-hybridized carbons (Fsp3) is 0.625. The number of nitrogens with one attached hydrogen (secondary N) is 6. The molecule has 6 atom stereocenters. The van der Waals surface area contributed by atoms with Gasteiger partial charge in [-0.15, -0.1) is 0 Å². The maximum atomic E-state index is 13.1. The molecule has 0 rings (SSSR count). The molecule has 0 aliphatic heterocycles. The molecule has 0 aromatic carbocycles. The lowest BCUT2D eigenvalue weighted by Gasteiger charge is -2.25. The number of rotatable bonds is 22. The molecule has 0 aromatic rings. The molecule has 47 heavy (non-hydrogen) atoms. The first-order chi connectivity index (χ1) is 22.0. The number of primary amides is 1. The van der Waals surface area contributed by atoms with Crippen LogP contribution in [-0.2, 0) is 38.4 Å². The number of aliphatic imine (C=N–C) groups is 1. The third-order valence-corrected chi connectivity index (χ3v) is 5.96. The molecule has 0 saturated heterocycles. The van der Waals surface area contributed by atoms with Crippen molar-refractivity contribution in [1.82, 2.24) is 31.9 Å². The molecule has 0 aromatic heterocycles. The van der Waals surface area contributed by atoms with Crippen molar-refractivity contribution in [2.24, 2.45) is 27.9 Å². The first-order valence-electron chi connectivity index (χ1n) is 13.9. The quantitative estimate of drug-likeness (QED) is 0.0287. The summed E-state index contributed by atoms with van der Waals surface area (Å²) < 4.78 is 0. The summed E-state index contributed by atoms with van der Waals surface area (Å²) in [6.07, 6.45) is -0.865. The Kier molecular flexibility index (Phi) is 19.2. The fourth-order valence-corrected chi connectivity index (χ4v) is 3.41. The summed E-state index contributed by atoms with van der Waals surface area (Å²) in [5, 5.41) is 49.5. The number of nitrogens with zero attached hydrogens (tertiary/aromatic N) is 1. The van der Waals surface area contributed by atoms with E-state index < -0.39 is 116 Å². The fourth-order valence-electron chi connectivity index (χ4n) is 3.41. The number of carboxylic acid groups (broad SMARTS) is 1. The van der Waals surface area contributed by atoms with Crippen LogP contribution in [0.2, 0.25) is 0 Å². The maximum Gasteiger partial charge on any atom is 0.328 e. The molecule has 0 aliphatic carbocycles. The number of carboxylic acids is 1. The zero-order valence-corrected chi connectivity index (χ0v) is 25.4. The van der Waals surface area contributed by atoms with Crippen LogP contribution in [0.5, 0.6) is 0 Å². The summed E-state index contributed by atoms with van der Waals surface area (Å²) >= 11 is 0. The van der Waals surface area contributed by atoms with Gasteiger partial charge in [-0.2, -0.15) is 0 Å². The molecule has 0 radical (unpaired) electrons. The number of aliphatic hydroxyl groups is 3. The number of nitrogens with two attached hydrogens (primary N) is 4. The zero-order chi connectivity index (χ0) is 36.3. The van der Waals surface area contributed by atoms with Gasteiger partial charge in [-0.25, -0.2) is 4.79 Å². The van der Waals surface area contributed by atoms with Crippen molar-refractivity contribution in [2.45, 2.75) is 62.4 Å². The Morgan fingerprint density at radius 1 is 0.681 bits per heavy atom. The summed E-state index contributed by atoms with van der Waals surface area (Å²) in [5.74, 6) is -8.98. The summed E-state index contributed by atoms with van der Waals surface area (Å²) in [7, 11) is 0. The van der Waals surface area contributed by atoms with Gasteiger partial charge in [-0.05, 0) is 19.8 Å². The molecule has 0 unspecified atom stereocenters. The number of aliphatic carboxylic acids is 1. The van der Waals surface area contributed by atoms with E-state index in [1.54, 1.807) is 0 Å². The maximum absolute atomic E-state index is 13.1. The van der Waals surface area contributed by atoms with Crippen LogP contribution in [0, 0.1) is 0 Å². The van der Waals surface area contributed by atoms with Gasteiger partial charge in [-0.3, -0.25) is 38.6 Å². The second-order valence-corrected chi connectivity index (χ2v) is 9.86. The van der Waals surface area contributed by atoms with Gasteiger partial charge < -0.3 is 75.3 Å². The van der Waals surface area contributed by atoms with E-state index >= 15 is 0 Å². The van der Waals surface area contributed by atoms with Crippen LogP contribution in [0.4, 0.5) is 0 Å². The first-order valence-corrected chi connectivity index (χ1v) is 13.9. The Morgan fingerprint density at radius 3 is 1.74 bits per heavy atom. The molecule has 0 heterocycles. The number of carbonyl (C=O) groups is 8. The van der Waals surface area contributed by atoms with Crippen molar-refractivity contribution in [2.75, 3.05) is 32.9 Å². The van der Waals surface area contributed by atoms with E-state index in [9.17, 15) is 43.5 Å². The number of guanidine groups is 1. The smallest absolute Gasteiger partial charge is 0.328 e. The molecule has 18 N–H and O–H groups in total. The summed E-state index contributed by atoms with van der Waals surface area (Å²) in [5.41, 5.74) is 21.1. The van der Waals surface area contributed by atoms with Crippen LogP contribution in [0.15, 0.2) is 4.99 Å². The SMILES string of the molecule is C[C@H](NC(=O)[C@@H](N)CO)C(=O)N[C@@H](CO)C(=O)N[C@@H](CC(N)=O)C(=O)N[C@@H](CCCN=C(N)N)C(=O)NCC(=O)N[C@@H](CO)C(=O)O. The average Bonchev–Trinajstić information content (AvgIpc) is 3.00. The molecule has 0 aliphatic rings. The minimum absolute atomic E-state index is 0.00338.